The Kier molecular flexibility index (Phi) is 7.12. The maximum atomic E-state index is 12.9. The number of halogens is 1. The van der Waals surface area contributed by atoms with E-state index in [1.54, 1.807) is 7.11 Å². The van der Waals surface area contributed by atoms with Crippen molar-refractivity contribution < 1.29 is 14.3 Å². The van der Waals surface area contributed by atoms with Crippen molar-refractivity contribution in [1.82, 2.24) is 15.2 Å². The first-order chi connectivity index (χ1) is 15.2. The van der Waals surface area contributed by atoms with E-state index in [9.17, 15) is 4.79 Å². The first kappa shape index (κ1) is 21.7. The molecule has 1 aromatic heterocycles. The van der Waals surface area contributed by atoms with Crippen LogP contribution in [-0.4, -0.2) is 62.3 Å². The third kappa shape index (κ3) is 5.21. The van der Waals surface area contributed by atoms with Crippen molar-refractivity contribution in [2.24, 2.45) is 0 Å². The number of aromatic nitrogens is 1. The van der Waals surface area contributed by atoms with E-state index >= 15 is 0 Å². The molecule has 164 valence electrons. The fraction of sp³-hybridized carbons (Fsp3) is 0.375. The number of benzene rings is 2. The van der Waals surface area contributed by atoms with Crippen LogP contribution < -0.4 is 10.1 Å². The molecule has 0 spiro atoms. The van der Waals surface area contributed by atoms with Crippen molar-refractivity contribution in [3.8, 4) is 5.75 Å². The summed E-state index contributed by atoms with van der Waals surface area (Å²) in [5.74, 6) is 0.622. The highest BCUT2D eigenvalue weighted by molar-refractivity contribution is 6.31. The van der Waals surface area contributed by atoms with Gasteiger partial charge in [0.2, 0.25) is 5.91 Å². The summed E-state index contributed by atoms with van der Waals surface area (Å²) in [5.41, 5.74) is 3.01. The van der Waals surface area contributed by atoms with E-state index in [4.69, 9.17) is 21.1 Å². The summed E-state index contributed by atoms with van der Waals surface area (Å²) < 4.78 is 11.0. The number of methoxy groups -OCH3 is 1. The summed E-state index contributed by atoms with van der Waals surface area (Å²) in [4.78, 5) is 18.6. The third-order valence-corrected chi connectivity index (χ3v) is 6.04. The van der Waals surface area contributed by atoms with Gasteiger partial charge in [-0.1, -0.05) is 29.8 Å². The summed E-state index contributed by atoms with van der Waals surface area (Å²) >= 11 is 6.27. The minimum atomic E-state index is -0.160. The average molecular weight is 442 g/mol. The van der Waals surface area contributed by atoms with E-state index < -0.39 is 0 Å². The molecule has 4 rings (SSSR count). The molecule has 0 unspecified atom stereocenters. The van der Waals surface area contributed by atoms with Crippen molar-refractivity contribution in [2.75, 3.05) is 46.5 Å². The summed E-state index contributed by atoms with van der Waals surface area (Å²) in [7, 11) is 1.66. The zero-order valence-electron chi connectivity index (χ0n) is 17.7. The van der Waals surface area contributed by atoms with Gasteiger partial charge in [-0.3, -0.25) is 9.69 Å². The number of aromatic amines is 1. The Morgan fingerprint density at radius 3 is 2.84 bits per heavy atom. The van der Waals surface area contributed by atoms with Gasteiger partial charge >= 0.3 is 0 Å². The fourth-order valence-electron chi connectivity index (χ4n) is 4.18. The van der Waals surface area contributed by atoms with E-state index in [1.165, 1.54) is 0 Å². The largest absolute Gasteiger partial charge is 0.496 e. The van der Waals surface area contributed by atoms with E-state index in [0.29, 0.717) is 18.0 Å². The molecule has 6 nitrogen and oxygen atoms in total. The molecule has 7 heteroatoms. The Morgan fingerprint density at radius 2 is 2.03 bits per heavy atom. The monoisotopic (exact) mass is 441 g/mol. The molecule has 2 heterocycles. The van der Waals surface area contributed by atoms with Crippen molar-refractivity contribution in [3.63, 3.8) is 0 Å². The molecular formula is C24H28ClN3O3. The summed E-state index contributed by atoms with van der Waals surface area (Å²) in [6.07, 6.45) is 2.29. The van der Waals surface area contributed by atoms with E-state index in [-0.39, 0.29) is 11.8 Å². The molecule has 0 aliphatic carbocycles. The number of morpholine rings is 1. The van der Waals surface area contributed by atoms with E-state index in [1.807, 2.05) is 48.7 Å². The average Bonchev–Trinajstić information content (AvgIpc) is 3.21. The quantitative estimate of drug-likeness (QED) is 0.558. The molecule has 1 aliphatic heterocycles. The van der Waals surface area contributed by atoms with Gasteiger partial charge in [0, 0.05) is 66.2 Å². The lowest BCUT2D eigenvalue weighted by Crippen LogP contribution is -2.41. The normalized spacial score (nSPS) is 15.7. The maximum absolute atomic E-state index is 12.9. The van der Waals surface area contributed by atoms with Gasteiger partial charge in [0.25, 0.3) is 0 Å². The number of amides is 1. The van der Waals surface area contributed by atoms with Crippen LogP contribution in [0.25, 0.3) is 10.9 Å². The van der Waals surface area contributed by atoms with Crippen LogP contribution in [0.2, 0.25) is 5.02 Å². The number of ether oxygens (including phenoxy) is 2. The number of hydrogen-bond donors (Lipinski definition) is 2. The first-order valence-electron chi connectivity index (χ1n) is 10.6. The Bertz CT molecular complexity index is 1030. The molecule has 0 radical (unpaired) electrons. The Balaban J connectivity index is 1.55. The van der Waals surface area contributed by atoms with Gasteiger partial charge in [0.05, 0.1) is 20.3 Å². The van der Waals surface area contributed by atoms with Gasteiger partial charge < -0.3 is 19.8 Å². The zero-order chi connectivity index (χ0) is 21.6. The van der Waals surface area contributed by atoms with Gasteiger partial charge in [-0.25, -0.2) is 0 Å². The topological polar surface area (TPSA) is 66.6 Å². The highest BCUT2D eigenvalue weighted by atomic mass is 35.5. The standard InChI is InChI=1S/C24H28ClN3O3/c1-30-23-5-3-2-4-18(23)19(21-16-27-22-7-6-17(25)14-20(21)22)15-24(29)26-8-9-28-10-12-31-13-11-28/h2-7,14,16,19,27H,8-13,15H2,1H3,(H,26,29)/t19-/m0/s1. The Morgan fingerprint density at radius 1 is 1.23 bits per heavy atom. The Labute approximate surface area is 187 Å². The number of H-pyrrole nitrogens is 1. The molecule has 1 fully saturated rings. The second-order valence-electron chi connectivity index (χ2n) is 7.74. The molecule has 1 atom stereocenters. The van der Waals surface area contributed by atoms with Crippen LogP contribution in [0.4, 0.5) is 0 Å². The van der Waals surface area contributed by atoms with Crippen molar-refractivity contribution >= 4 is 28.4 Å². The lowest BCUT2D eigenvalue weighted by molar-refractivity contribution is -0.121. The summed E-state index contributed by atoms with van der Waals surface area (Å²) in [6.45, 7) is 4.79. The molecule has 0 saturated carbocycles. The number of carbonyl (C=O) groups is 1. The predicted molar refractivity (Wildman–Crippen MR) is 123 cm³/mol. The van der Waals surface area contributed by atoms with Crippen LogP contribution in [-0.2, 0) is 9.53 Å². The molecular weight excluding hydrogens is 414 g/mol. The van der Waals surface area contributed by atoms with Crippen molar-refractivity contribution in [1.29, 1.82) is 0 Å². The molecule has 2 N–H and O–H groups in total. The molecule has 0 bridgehead atoms. The second-order valence-corrected chi connectivity index (χ2v) is 8.17. The van der Waals surface area contributed by atoms with Gasteiger partial charge in [-0.15, -0.1) is 0 Å². The highest BCUT2D eigenvalue weighted by Gasteiger charge is 2.24. The van der Waals surface area contributed by atoms with E-state index in [2.05, 4.69) is 15.2 Å². The third-order valence-electron chi connectivity index (χ3n) is 5.81. The minimum Gasteiger partial charge on any atom is -0.496 e. The number of para-hydroxylation sites is 1. The molecule has 31 heavy (non-hydrogen) atoms. The van der Waals surface area contributed by atoms with Crippen LogP contribution in [0, 0.1) is 0 Å². The maximum Gasteiger partial charge on any atom is 0.220 e. The van der Waals surface area contributed by atoms with Crippen LogP contribution in [0.15, 0.2) is 48.7 Å². The van der Waals surface area contributed by atoms with Crippen LogP contribution in [0.5, 0.6) is 5.75 Å². The molecule has 1 amide bonds. The number of fused-ring (bicyclic) bond motifs is 1. The highest BCUT2D eigenvalue weighted by Crippen LogP contribution is 2.38. The SMILES string of the molecule is COc1ccccc1[C@H](CC(=O)NCCN1CCOCC1)c1c[nH]c2ccc(Cl)cc12. The number of nitrogens with zero attached hydrogens (tertiary/aromatic N) is 1. The number of rotatable bonds is 8. The van der Waals surface area contributed by atoms with Gasteiger partial charge in [0.1, 0.15) is 5.75 Å². The first-order valence-corrected chi connectivity index (χ1v) is 11.0. The lowest BCUT2D eigenvalue weighted by Gasteiger charge is -2.26. The fourth-order valence-corrected chi connectivity index (χ4v) is 4.35. The number of carbonyl (C=O) groups excluding carboxylic acids is 1. The van der Waals surface area contributed by atoms with Gasteiger partial charge in [-0.05, 0) is 29.8 Å². The molecule has 1 saturated heterocycles. The summed E-state index contributed by atoms with van der Waals surface area (Å²) in [5, 5.41) is 4.78. The zero-order valence-corrected chi connectivity index (χ0v) is 18.5. The van der Waals surface area contributed by atoms with Gasteiger partial charge in [0.15, 0.2) is 0 Å². The molecule has 3 aromatic rings. The minimum absolute atomic E-state index is 0.0144. The number of hydrogen-bond acceptors (Lipinski definition) is 4. The van der Waals surface area contributed by atoms with Crippen molar-refractivity contribution in [3.05, 3.63) is 64.8 Å². The summed E-state index contributed by atoms with van der Waals surface area (Å²) in [6, 6.07) is 13.6. The molecule has 1 aliphatic rings. The van der Waals surface area contributed by atoms with Crippen molar-refractivity contribution in [2.45, 2.75) is 12.3 Å². The van der Waals surface area contributed by atoms with Crippen LogP contribution in [0.1, 0.15) is 23.5 Å². The van der Waals surface area contributed by atoms with Gasteiger partial charge in [-0.2, -0.15) is 0 Å². The predicted octanol–water partition coefficient (Wildman–Crippen LogP) is 3.80. The number of nitrogens with one attached hydrogen (secondary N) is 2. The van der Waals surface area contributed by atoms with E-state index in [0.717, 1.165) is 60.6 Å². The Hall–Kier alpha value is -2.54. The van der Waals surface area contributed by atoms with Crippen LogP contribution in [0.3, 0.4) is 0 Å². The lowest BCUT2D eigenvalue weighted by atomic mass is 9.87. The second kappa shape index (κ2) is 10.2. The molecule has 2 aromatic carbocycles. The smallest absolute Gasteiger partial charge is 0.220 e. The van der Waals surface area contributed by atoms with Crippen LogP contribution >= 0.6 is 11.6 Å².